The number of hydrogen-bond donors (Lipinski definition) is 3. The highest BCUT2D eigenvalue weighted by Gasteiger charge is 2.23. The topological polar surface area (TPSA) is 94.1 Å². The lowest BCUT2D eigenvalue weighted by atomic mass is 10.1. The molecule has 1 atom stereocenters. The molecule has 0 radical (unpaired) electrons. The number of aliphatic hydroxyl groups excluding tert-OH is 1. The van der Waals surface area contributed by atoms with E-state index in [4.69, 9.17) is 16.6 Å². The lowest BCUT2D eigenvalue weighted by molar-refractivity contribution is 0.0911. The van der Waals surface area contributed by atoms with Crippen LogP contribution in [0.4, 0.5) is 5.95 Å². The minimum atomic E-state index is -0.558. The highest BCUT2D eigenvalue weighted by atomic mass is 35.5. The average Bonchev–Trinajstić information content (AvgIpc) is 3.12. The molecule has 0 saturated carbocycles. The number of H-pyrrole nitrogens is 1. The van der Waals surface area contributed by atoms with Crippen molar-refractivity contribution in [1.29, 1.82) is 0 Å². The Labute approximate surface area is 192 Å². The van der Waals surface area contributed by atoms with E-state index in [0.29, 0.717) is 10.7 Å². The van der Waals surface area contributed by atoms with E-state index in [-0.39, 0.29) is 12.5 Å². The van der Waals surface area contributed by atoms with Crippen LogP contribution in [0.15, 0.2) is 36.5 Å². The summed E-state index contributed by atoms with van der Waals surface area (Å²) >= 11 is 6.07. The molecule has 4 rings (SSSR count). The number of aliphatic hydroxyl groups is 1. The van der Waals surface area contributed by atoms with Gasteiger partial charge in [0.25, 0.3) is 5.91 Å². The van der Waals surface area contributed by atoms with Crippen molar-refractivity contribution in [1.82, 2.24) is 20.3 Å². The van der Waals surface area contributed by atoms with Crippen molar-refractivity contribution in [2.24, 2.45) is 0 Å². The van der Waals surface area contributed by atoms with Crippen molar-refractivity contribution in [3.05, 3.63) is 64.1 Å². The Kier molecular flexibility index (Phi) is 6.77. The van der Waals surface area contributed by atoms with Gasteiger partial charge >= 0.3 is 0 Å². The zero-order valence-electron chi connectivity index (χ0n) is 18.4. The fourth-order valence-electron chi connectivity index (χ4n) is 4.28. The quantitative estimate of drug-likeness (QED) is 0.520. The maximum atomic E-state index is 13.1. The third-order valence-corrected chi connectivity index (χ3v) is 6.18. The average molecular weight is 454 g/mol. The molecule has 2 aromatic heterocycles. The van der Waals surface area contributed by atoms with Gasteiger partial charge in [-0.15, -0.1) is 0 Å². The van der Waals surface area contributed by atoms with Gasteiger partial charge in [-0.3, -0.25) is 4.79 Å². The number of carbonyl (C=O) groups is 1. The second kappa shape index (κ2) is 9.71. The molecule has 3 heterocycles. The lowest BCUT2D eigenvalue weighted by Gasteiger charge is -2.26. The van der Waals surface area contributed by atoms with E-state index in [1.54, 1.807) is 24.4 Å². The molecule has 1 aliphatic rings. The van der Waals surface area contributed by atoms with Gasteiger partial charge in [-0.1, -0.05) is 23.7 Å². The van der Waals surface area contributed by atoms with Crippen LogP contribution in [0.25, 0.3) is 11.3 Å². The molecule has 3 N–H and O–H groups in total. The SMILES string of the molecule is Cc1[nH]c(C(=O)N[C@H](CO)c2cccc(Cl)c2)c(C)c1-c1ccnc(N2CCCCC2)n1. The molecule has 0 aliphatic carbocycles. The fourth-order valence-corrected chi connectivity index (χ4v) is 4.48. The Balaban J connectivity index is 1.59. The second-order valence-corrected chi connectivity index (χ2v) is 8.61. The van der Waals surface area contributed by atoms with Crippen LogP contribution in [-0.2, 0) is 0 Å². The van der Waals surface area contributed by atoms with Gasteiger partial charge < -0.3 is 20.3 Å². The molecule has 1 aliphatic heterocycles. The Bertz CT molecular complexity index is 1110. The van der Waals surface area contributed by atoms with Crippen molar-refractivity contribution in [3.8, 4) is 11.3 Å². The molecule has 3 aromatic rings. The van der Waals surface area contributed by atoms with Crippen LogP contribution < -0.4 is 10.2 Å². The highest BCUT2D eigenvalue weighted by Crippen LogP contribution is 2.30. The number of anilines is 1. The van der Waals surface area contributed by atoms with E-state index in [0.717, 1.165) is 60.0 Å². The summed E-state index contributed by atoms with van der Waals surface area (Å²) in [6, 6.07) is 8.44. The summed E-state index contributed by atoms with van der Waals surface area (Å²) in [4.78, 5) is 27.8. The van der Waals surface area contributed by atoms with E-state index in [2.05, 4.69) is 20.2 Å². The normalized spacial score (nSPS) is 14.9. The van der Waals surface area contributed by atoms with Gasteiger partial charge in [0.15, 0.2) is 0 Å². The third-order valence-electron chi connectivity index (χ3n) is 5.94. The molecule has 7 nitrogen and oxygen atoms in total. The molecule has 1 amide bonds. The number of benzene rings is 1. The molecule has 168 valence electrons. The number of nitrogens with one attached hydrogen (secondary N) is 2. The Morgan fingerprint density at radius 2 is 2.03 bits per heavy atom. The van der Waals surface area contributed by atoms with E-state index < -0.39 is 6.04 Å². The number of piperidine rings is 1. The predicted octanol–water partition coefficient (Wildman–Crippen LogP) is 4.20. The van der Waals surface area contributed by atoms with Gasteiger partial charge in [-0.2, -0.15) is 0 Å². The van der Waals surface area contributed by atoms with Crippen LogP contribution in [0.1, 0.15) is 52.6 Å². The van der Waals surface area contributed by atoms with Gasteiger partial charge in [0.1, 0.15) is 5.69 Å². The molecule has 0 unspecified atom stereocenters. The number of hydrogen-bond acceptors (Lipinski definition) is 5. The minimum Gasteiger partial charge on any atom is -0.394 e. The van der Waals surface area contributed by atoms with Crippen molar-refractivity contribution in [2.45, 2.75) is 39.2 Å². The number of amides is 1. The number of aryl methyl sites for hydroxylation is 1. The first kappa shape index (κ1) is 22.3. The van der Waals surface area contributed by atoms with Crippen LogP contribution >= 0.6 is 11.6 Å². The number of aromatic nitrogens is 3. The minimum absolute atomic E-state index is 0.233. The predicted molar refractivity (Wildman–Crippen MR) is 126 cm³/mol. The summed E-state index contributed by atoms with van der Waals surface area (Å²) in [7, 11) is 0. The molecule has 0 spiro atoms. The van der Waals surface area contributed by atoms with Crippen molar-refractivity contribution >= 4 is 23.5 Å². The number of carbonyl (C=O) groups excluding carboxylic acids is 1. The standard InChI is InChI=1S/C24H28ClN5O2/c1-15-21(19-9-10-26-24(29-19)30-11-4-3-5-12-30)16(2)27-22(15)23(32)28-20(14-31)17-7-6-8-18(25)13-17/h6-10,13,20,27,31H,3-5,11-12,14H2,1-2H3,(H,28,32)/t20-/m1/s1. The lowest BCUT2D eigenvalue weighted by Crippen LogP contribution is -2.31. The Hall–Kier alpha value is -2.90. The second-order valence-electron chi connectivity index (χ2n) is 8.18. The monoisotopic (exact) mass is 453 g/mol. The Morgan fingerprint density at radius 1 is 1.25 bits per heavy atom. The molecule has 1 fully saturated rings. The smallest absolute Gasteiger partial charge is 0.268 e. The number of halogens is 1. The van der Waals surface area contributed by atoms with Crippen molar-refractivity contribution in [3.63, 3.8) is 0 Å². The summed E-state index contributed by atoms with van der Waals surface area (Å²) in [5, 5.41) is 13.3. The fraction of sp³-hybridized carbons (Fsp3) is 0.375. The summed E-state index contributed by atoms with van der Waals surface area (Å²) in [6.45, 7) is 5.54. The van der Waals surface area contributed by atoms with Gasteiger partial charge in [0.2, 0.25) is 5.95 Å². The zero-order chi connectivity index (χ0) is 22.7. The van der Waals surface area contributed by atoms with Crippen LogP contribution in [0.5, 0.6) is 0 Å². The first-order valence-electron chi connectivity index (χ1n) is 10.9. The Morgan fingerprint density at radius 3 is 2.75 bits per heavy atom. The van der Waals surface area contributed by atoms with Crippen LogP contribution in [0, 0.1) is 13.8 Å². The van der Waals surface area contributed by atoms with E-state index in [9.17, 15) is 9.90 Å². The zero-order valence-corrected chi connectivity index (χ0v) is 19.1. The molecule has 1 aromatic carbocycles. The van der Waals surface area contributed by atoms with Crippen LogP contribution in [-0.4, -0.2) is 45.7 Å². The maximum Gasteiger partial charge on any atom is 0.268 e. The number of rotatable bonds is 6. The molecular weight excluding hydrogens is 426 g/mol. The van der Waals surface area contributed by atoms with Gasteiger partial charge in [0, 0.05) is 35.6 Å². The van der Waals surface area contributed by atoms with Gasteiger partial charge in [-0.05, 0) is 62.4 Å². The van der Waals surface area contributed by atoms with Gasteiger partial charge in [0.05, 0.1) is 18.3 Å². The van der Waals surface area contributed by atoms with Crippen LogP contribution in [0.2, 0.25) is 5.02 Å². The van der Waals surface area contributed by atoms with Gasteiger partial charge in [-0.25, -0.2) is 9.97 Å². The first-order valence-corrected chi connectivity index (χ1v) is 11.3. The third kappa shape index (κ3) is 4.64. The van der Waals surface area contributed by atoms with Crippen molar-refractivity contribution < 1.29 is 9.90 Å². The molecule has 32 heavy (non-hydrogen) atoms. The maximum absolute atomic E-state index is 13.1. The summed E-state index contributed by atoms with van der Waals surface area (Å²) in [5.41, 5.74) is 4.57. The number of aromatic amines is 1. The van der Waals surface area contributed by atoms with E-state index >= 15 is 0 Å². The molecule has 8 heteroatoms. The molecule has 1 saturated heterocycles. The summed E-state index contributed by atoms with van der Waals surface area (Å²) in [5.74, 6) is 0.440. The molecule has 0 bridgehead atoms. The first-order chi connectivity index (χ1) is 15.5. The highest BCUT2D eigenvalue weighted by molar-refractivity contribution is 6.30. The van der Waals surface area contributed by atoms with Crippen LogP contribution in [0.3, 0.4) is 0 Å². The largest absolute Gasteiger partial charge is 0.394 e. The summed E-state index contributed by atoms with van der Waals surface area (Å²) < 4.78 is 0. The van der Waals surface area contributed by atoms with E-state index in [1.165, 1.54) is 6.42 Å². The van der Waals surface area contributed by atoms with Crippen molar-refractivity contribution in [2.75, 3.05) is 24.6 Å². The molecular formula is C24H28ClN5O2. The number of nitrogens with zero attached hydrogens (tertiary/aromatic N) is 3. The van der Waals surface area contributed by atoms with E-state index in [1.807, 2.05) is 26.0 Å². The summed E-state index contributed by atoms with van der Waals surface area (Å²) in [6.07, 6.45) is 5.32.